The van der Waals surface area contributed by atoms with Gasteiger partial charge in [0, 0.05) is 25.0 Å². The first-order valence-corrected chi connectivity index (χ1v) is 5.02. The Hall–Kier alpha value is -2.03. The van der Waals surface area contributed by atoms with Crippen molar-refractivity contribution < 1.29 is 9.53 Å². The standard InChI is InChI=1S/C13H13NO2/c1-14-8-11(10-6-4-3-5-7-10)12(9-14)13(15)16-2/h3-9H,1-2H3. The molecule has 1 aromatic carbocycles. The van der Waals surface area contributed by atoms with Gasteiger partial charge < -0.3 is 9.30 Å². The number of hydrogen-bond acceptors (Lipinski definition) is 2. The molecule has 0 bridgehead atoms. The van der Waals surface area contributed by atoms with Gasteiger partial charge in [-0.1, -0.05) is 30.3 Å². The van der Waals surface area contributed by atoms with E-state index in [2.05, 4.69) is 0 Å². The van der Waals surface area contributed by atoms with Crippen LogP contribution in [0.15, 0.2) is 42.7 Å². The van der Waals surface area contributed by atoms with E-state index in [1.165, 1.54) is 7.11 Å². The van der Waals surface area contributed by atoms with Gasteiger partial charge in [-0.15, -0.1) is 0 Å². The van der Waals surface area contributed by atoms with Crippen molar-refractivity contribution in [3.63, 3.8) is 0 Å². The quantitative estimate of drug-likeness (QED) is 0.721. The van der Waals surface area contributed by atoms with Crippen molar-refractivity contribution in [3.8, 4) is 11.1 Å². The number of methoxy groups -OCH3 is 1. The topological polar surface area (TPSA) is 31.2 Å². The Morgan fingerprint density at radius 3 is 2.50 bits per heavy atom. The predicted octanol–water partition coefficient (Wildman–Crippen LogP) is 2.48. The van der Waals surface area contributed by atoms with Crippen molar-refractivity contribution >= 4 is 5.97 Å². The molecule has 0 unspecified atom stereocenters. The number of rotatable bonds is 2. The number of aromatic nitrogens is 1. The molecule has 16 heavy (non-hydrogen) atoms. The molecule has 0 aliphatic heterocycles. The van der Waals surface area contributed by atoms with E-state index in [0.29, 0.717) is 5.56 Å². The number of ether oxygens (including phenoxy) is 1. The summed E-state index contributed by atoms with van der Waals surface area (Å²) in [6.07, 6.45) is 3.69. The molecule has 82 valence electrons. The smallest absolute Gasteiger partial charge is 0.340 e. The third-order valence-electron chi connectivity index (χ3n) is 2.45. The van der Waals surface area contributed by atoms with Gasteiger partial charge >= 0.3 is 5.97 Å². The van der Waals surface area contributed by atoms with E-state index in [9.17, 15) is 4.79 Å². The Bertz CT molecular complexity index is 500. The van der Waals surface area contributed by atoms with Gasteiger partial charge in [0.15, 0.2) is 0 Å². The molecule has 0 aliphatic carbocycles. The summed E-state index contributed by atoms with van der Waals surface area (Å²) in [5, 5.41) is 0. The molecule has 0 spiro atoms. The van der Waals surface area contributed by atoms with Gasteiger partial charge in [0.1, 0.15) is 0 Å². The third kappa shape index (κ3) is 1.84. The molecule has 0 radical (unpaired) electrons. The summed E-state index contributed by atoms with van der Waals surface area (Å²) in [4.78, 5) is 11.6. The molecule has 2 aromatic rings. The fraction of sp³-hybridized carbons (Fsp3) is 0.154. The molecular formula is C13H13NO2. The fourth-order valence-corrected chi connectivity index (χ4v) is 1.70. The highest BCUT2D eigenvalue weighted by Crippen LogP contribution is 2.24. The number of aryl methyl sites for hydroxylation is 1. The van der Waals surface area contributed by atoms with Gasteiger partial charge in [-0.25, -0.2) is 4.79 Å². The van der Waals surface area contributed by atoms with E-state index in [0.717, 1.165) is 11.1 Å². The summed E-state index contributed by atoms with van der Waals surface area (Å²) in [6, 6.07) is 9.79. The van der Waals surface area contributed by atoms with Gasteiger partial charge in [-0.05, 0) is 5.56 Å². The highest BCUT2D eigenvalue weighted by molar-refractivity contribution is 5.97. The summed E-state index contributed by atoms with van der Waals surface area (Å²) in [6.45, 7) is 0. The maximum absolute atomic E-state index is 11.6. The highest BCUT2D eigenvalue weighted by atomic mass is 16.5. The van der Waals surface area contributed by atoms with Gasteiger partial charge in [-0.3, -0.25) is 0 Å². The first kappa shape index (κ1) is 10.5. The summed E-state index contributed by atoms with van der Waals surface area (Å²) in [7, 11) is 3.28. The SMILES string of the molecule is COC(=O)c1cn(C)cc1-c1ccccc1. The fourth-order valence-electron chi connectivity index (χ4n) is 1.70. The zero-order chi connectivity index (χ0) is 11.5. The number of esters is 1. The lowest BCUT2D eigenvalue weighted by Gasteiger charge is -2.01. The van der Waals surface area contributed by atoms with E-state index in [4.69, 9.17) is 4.74 Å². The van der Waals surface area contributed by atoms with Crippen LogP contribution in [-0.2, 0) is 11.8 Å². The minimum Gasteiger partial charge on any atom is -0.465 e. The van der Waals surface area contributed by atoms with Crippen molar-refractivity contribution in [2.24, 2.45) is 7.05 Å². The van der Waals surface area contributed by atoms with Crippen LogP contribution in [0, 0.1) is 0 Å². The molecule has 1 heterocycles. The molecule has 3 nitrogen and oxygen atoms in total. The van der Waals surface area contributed by atoms with Crippen LogP contribution >= 0.6 is 0 Å². The lowest BCUT2D eigenvalue weighted by atomic mass is 10.1. The Morgan fingerprint density at radius 2 is 1.88 bits per heavy atom. The molecule has 0 amide bonds. The van der Waals surface area contributed by atoms with Crippen LogP contribution in [0.4, 0.5) is 0 Å². The number of benzene rings is 1. The largest absolute Gasteiger partial charge is 0.465 e. The number of nitrogens with zero attached hydrogens (tertiary/aromatic N) is 1. The third-order valence-corrected chi connectivity index (χ3v) is 2.45. The van der Waals surface area contributed by atoms with E-state index >= 15 is 0 Å². The lowest BCUT2D eigenvalue weighted by molar-refractivity contribution is 0.0601. The summed E-state index contributed by atoms with van der Waals surface area (Å²) in [5.41, 5.74) is 2.51. The average molecular weight is 215 g/mol. The molecule has 0 saturated heterocycles. The van der Waals surface area contributed by atoms with Crippen molar-refractivity contribution in [1.29, 1.82) is 0 Å². The molecule has 0 atom stereocenters. The van der Waals surface area contributed by atoms with Crippen LogP contribution in [-0.4, -0.2) is 17.6 Å². The number of carbonyl (C=O) groups excluding carboxylic acids is 1. The first-order chi connectivity index (χ1) is 7.72. The number of carbonyl (C=O) groups is 1. The number of hydrogen-bond donors (Lipinski definition) is 0. The first-order valence-electron chi connectivity index (χ1n) is 5.02. The van der Waals surface area contributed by atoms with Crippen LogP contribution in [0.2, 0.25) is 0 Å². The van der Waals surface area contributed by atoms with E-state index in [1.807, 2.05) is 48.1 Å². The highest BCUT2D eigenvalue weighted by Gasteiger charge is 2.14. The van der Waals surface area contributed by atoms with Crippen LogP contribution in [0.1, 0.15) is 10.4 Å². The summed E-state index contributed by atoms with van der Waals surface area (Å²) in [5.74, 6) is -0.306. The van der Waals surface area contributed by atoms with Crippen LogP contribution in [0.3, 0.4) is 0 Å². The molecule has 1 aromatic heterocycles. The Morgan fingerprint density at radius 1 is 1.19 bits per heavy atom. The molecule has 2 rings (SSSR count). The summed E-state index contributed by atoms with van der Waals surface area (Å²) >= 11 is 0. The maximum Gasteiger partial charge on any atom is 0.340 e. The predicted molar refractivity (Wildman–Crippen MR) is 62.2 cm³/mol. The van der Waals surface area contributed by atoms with E-state index < -0.39 is 0 Å². The molecule has 0 N–H and O–H groups in total. The van der Waals surface area contributed by atoms with Gasteiger partial charge in [0.2, 0.25) is 0 Å². The lowest BCUT2D eigenvalue weighted by Crippen LogP contribution is -2.01. The van der Waals surface area contributed by atoms with Crippen molar-refractivity contribution in [2.75, 3.05) is 7.11 Å². The van der Waals surface area contributed by atoms with Crippen molar-refractivity contribution in [2.45, 2.75) is 0 Å². The van der Waals surface area contributed by atoms with E-state index in [-0.39, 0.29) is 5.97 Å². The molecule has 0 saturated carbocycles. The monoisotopic (exact) mass is 215 g/mol. The zero-order valence-corrected chi connectivity index (χ0v) is 9.31. The maximum atomic E-state index is 11.6. The second-order valence-corrected chi connectivity index (χ2v) is 3.61. The zero-order valence-electron chi connectivity index (χ0n) is 9.31. The Kier molecular flexibility index (Phi) is 2.77. The second-order valence-electron chi connectivity index (χ2n) is 3.61. The van der Waals surface area contributed by atoms with Crippen molar-refractivity contribution in [3.05, 3.63) is 48.3 Å². The van der Waals surface area contributed by atoms with Crippen LogP contribution in [0.25, 0.3) is 11.1 Å². The Labute approximate surface area is 94.3 Å². The van der Waals surface area contributed by atoms with Gasteiger partial charge in [0.05, 0.1) is 12.7 Å². The minimum atomic E-state index is -0.306. The molecule has 3 heteroatoms. The molecule has 0 aliphatic rings. The molecular weight excluding hydrogens is 202 g/mol. The van der Waals surface area contributed by atoms with Gasteiger partial charge in [-0.2, -0.15) is 0 Å². The molecule has 0 fully saturated rings. The summed E-state index contributed by atoms with van der Waals surface area (Å²) < 4.78 is 6.62. The minimum absolute atomic E-state index is 0.306. The van der Waals surface area contributed by atoms with E-state index in [1.54, 1.807) is 6.20 Å². The average Bonchev–Trinajstić information content (AvgIpc) is 2.71. The van der Waals surface area contributed by atoms with Crippen LogP contribution < -0.4 is 0 Å². The van der Waals surface area contributed by atoms with Crippen molar-refractivity contribution in [1.82, 2.24) is 4.57 Å². The van der Waals surface area contributed by atoms with Gasteiger partial charge in [0.25, 0.3) is 0 Å². The Balaban J connectivity index is 2.53. The van der Waals surface area contributed by atoms with Crippen LogP contribution in [0.5, 0.6) is 0 Å². The normalized spacial score (nSPS) is 10.1. The second kappa shape index (κ2) is 4.23.